The van der Waals surface area contributed by atoms with Crippen LogP contribution in [0.2, 0.25) is 5.02 Å². The number of amides is 1. The van der Waals surface area contributed by atoms with E-state index in [1.54, 1.807) is 0 Å². The Hall–Kier alpha value is -2.30. The van der Waals surface area contributed by atoms with Crippen LogP contribution < -0.4 is 10.1 Å². The molecule has 1 fully saturated rings. The molecule has 1 saturated heterocycles. The topological polar surface area (TPSA) is 75.7 Å². The van der Waals surface area contributed by atoms with Crippen molar-refractivity contribution in [1.29, 1.82) is 0 Å². The smallest absolute Gasteiger partial charge is 0.405 e. The Bertz CT molecular complexity index is 1040. The van der Waals surface area contributed by atoms with Crippen LogP contribution in [0, 0.1) is 0 Å². The first-order valence-electron chi connectivity index (χ1n) is 8.99. The summed E-state index contributed by atoms with van der Waals surface area (Å²) in [5.74, 6) is -1.16. The zero-order valence-electron chi connectivity index (χ0n) is 15.6. The van der Waals surface area contributed by atoms with Crippen molar-refractivity contribution >= 4 is 27.5 Å². The predicted molar refractivity (Wildman–Crippen MR) is 104 cm³/mol. The van der Waals surface area contributed by atoms with Crippen LogP contribution in [0.25, 0.3) is 0 Å². The Morgan fingerprint density at radius 2 is 1.80 bits per heavy atom. The molecule has 11 heteroatoms. The lowest BCUT2D eigenvalue weighted by Crippen LogP contribution is -2.29. The highest BCUT2D eigenvalue weighted by Gasteiger charge is 2.32. The molecule has 6 nitrogen and oxygen atoms in total. The molecule has 0 spiro atoms. The molecule has 0 radical (unpaired) electrons. The summed E-state index contributed by atoms with van der Waals surface area (Å²) in [6.07, 6.45) is -3.35. The van der Waals surface area contributed by atoms with Crippen molar-refractivity contribution in [3.8, 4) is 5.75 Å². The van der Waals surface area contributed by atoms with Crippen LogP contribution >= 0.6 is 11.6 Å². The van der Waals surface area contributed by atoms with Crippen LogP contribution in [-0.2, 0) is 16.6 Å². The van der Waals surface area contributed by atoms with E-state index in [4.69, 9.17) is 11.6 Å². The zero-order valence-corrected chi connectivity index (χ0v) is 17.1. The maximum atomic E-state index is 12.7. The highest BCUT2D eigenvalue weighted by molar-refractivity contribution is 7.89. The average Bonchev–Trinajstić information content (AvgIpc) is 3.22. The Balaban J connectivity index is 1.78. The summed E-state index contributed by atoms with van der Waals surface area (Å²) in [6.45, 7) is 0.537. The number of rotatable bonds is 6. The second-order valence-corrected chi connectivity index (χ2v) is 8.94. The van der Waals surface area contributed by atoms with Crippen molar-refractivity contribution in [3.63, 3.8) is 0 Å². The van der Waals surface area contributed by atoms with E-state index in [0.29, 0.717) is 13.1 Å². The molecule has 0 aliphatic carbocycles. The number of carbonyl (C=O) groups excluding carboxylic acids is 1. The van der Waals surface area contributed by atoms with Gasteiger partial charge in [-0.15, -0.1) is 13.2 Å². The van der Waals surface area contributed by atoms with Gasteiger partial charge in [-0.3, -0.25) is 4.79 Å². The molecule has 2 aromatic rings. The fraction of sp³-hybridized carbons (Fsp3) is 0.316. The number of hydrogen-bond donors (Lipinski definition) is 1. The van der Waals surface area contributed by atoms with Crippen molar-refractivity contribution in [3.05, 3.63) is 58.6 Å². The van der Waals surface area contributed by atoms with Gasteiger partial charge in [-0.05, 0) is 37.1 Å². The number of ether oxygens (including phenoxy) is 1. The average molecular weight is 463 g/mol. The Morgan fingerprint density at radius 1 is 1.13 bits per heavy atom. The Labute approximate surface area is 176 Å². The van der Waals surface area contributed by atoms with Gasteiger partial charge in [0.2, 0.25) is 10.0 Å². The van der Waals surface area contributed by atoms with E-state index in [-0.39, 0.29) is 27.6 Å². The summed E-state index contributed by atoms with van der Waals surface area (Å²) in [5.41, 5.74) is 0.00583. The van der Waals surface area contributed by atoms with Crippen LogP contribution in [-0.4, -0.2) is 38.1 Å². The molecule has 0 aromatic heterocycles. The minimum Gasteiger partial charge on any atom is -0.405 e. The Morgan fingerprint density at radius 3 is 2.47 bits per heavy atom. The van der Waals surface area contributed by atoms with E-state index >= 15 is 0 Å². The molecule has 3 rings (SSSR count). The van der Waals surface area contributed by atoms with Gasteiger partial charge in [0.1, 0.15) is 5.75 Å². The van der Waals surface area contributed by atoms with Gasteiger partial charge in [-0.25, -0.2) is 8.42 Å². The zero-order chi connectivity index (χ0) is 21.9. The fourth-order valence-electron chi connectivity index (χ4n) is 3.06. The van der Waals surface area contributed by atoms with Crippen LogP contribution in [0.1, 0.15) is 28.8 Å². The molecular formula is C19H18ClF3N2O4S. The molecule has 0 bridgehead atoms. The lowest BCUT2D eigenvalue weighted by atomic mass is 10.1. The van der Waals surface area contributed by atoms with E-state index in [2.05, 4.69) is 10.1 Å². The van der Waals surface area contributed by atoms with Crippen molar-refractivity contribution in [2.45, 2.75) is 30.6 Å². The maximum absolute atomic E-state index is 12.7. The summed E-state index contributed by atoms with van der Waals surface area (Å²) >= 11 is 6.06. The van der Waals surface area contributed by atoms with E-state index < -0.39 is 28.0 Å². The number of carbonyl (C=O) groups is 1. The summed E-state index contributed by atoms with van der Waals surface area (Å²) in [4.78, 5) is 12.5. The van der Waals surface area contributed by atoms with Gasteiger partial charge in [0.25, 0.3) is 5.91 Å². The van der Waals surface area contributed by atoms with Gasteiger partial charge in [-0.2, -0.15) is 4.31 Å². The number of halogens is 4. The maximum Gasteiger partial charge on any atom is 0.573 e. The van der Waals surface area contributed by atoms with Crippen molar-refractivity contribution in [2.75, 3.05) is 13.1 Å². The standard InChI is InChI=1S/C19H18ClF3N2O4S/c20-16-8-7-14(30(27,28)25-9-3-4-10-25)11-15(16)18(26)24-12-13-5-1-2-6-17(13)29-19(21,22)23/h1-2,5-8,11H,3-4,9-10,12H2,(H,24,26). The van der Waals surface area contributed by atoms with Gasteiger partial charge in [0.05, 0.1) is 15.5 Å². The minimum absolute atomic E-state index is 0.0210. The molecule has 0 atom stereocenters. The van der Waals surface area contributed by atoms with Crippen LogP contribution in [0.15, 0.2) is 47.4 Å². The van der Waals surface area contributed by atoms with Crippen LogP contribution in [0.5, 0.6) is 5.75 Å². The van der Waals surface area contributed by atoms with E-state index in [9.17, 15) is 26.4 Å². The van der Waals surface area contributed by atoms with Gasteiger partial charge < -0.3 is 10.1 Å². The van der Waals surface area contributed by atoms with Crippen LogP contribution in [0.3, 0.4) is 0 Å². The number of para-hydroxylation sites is 1. The molecule has 1 aliphatic heterocycles. The second-order valence-electron chi connectivity index (χ2n) is 6.59. The second kappa shape index (κ2) is 8.83. The predicted octanol–water partition coefficient (Wildman–Crippen LogP) is 3.95. The fourth-order valence-corrected chi connectivity index (χ4v) is 4.81. The molecule has 1 aliphatic rings. The quantitative estimate of drug-likeness (QED) is 0.705. The molecule has 30 heavy (non-hydrogen) atoms. The number of alkyl halides is 3. The molecule has 162 valence electrons. The summed E-state index contributed by atoms with van der Waals surface area (Å²) < 4.78 is 68.3. The first-order chi connectivity index (χ1) is 14.1. The third-order valence-electron chi connectivity index (χ3n) is 4.52. The number of nitrogens with zero attached hydrogens (tertiary/aromatic N) is 1. The van der Waals surface area contributed by atoms with Gasteiger partial charge in [-0.1, -0.05) is 29.8 Å². The third-order valence-corrected chi connectivity index (χ3v) is 6.75. The van der Waals surface area contributed by atoms with Gasteiger partial charge >= 0.3 is 6.36 Å². The van der Waals surface area contributed by atoms with Gasteiger partial charge in [0, 0.05) is 25.2 Å². The third kappa shape index (κ3) is 5.24. The van der Waals surface area contributed by atoms with Crippen molar-refractivity contribution < 1.29 is 31.1 Å². The number of sulfonamides is 1. The molecular weight excluding hydrogens is 445 g/mol. The highest BCUT2D eigenvalue weighted by Crippen LogP contribution is 2.27. The van der Waals surface area contributed by atoms with Crippen molar-refractivity contribution in [1.82, 2.24) is 9.62 Å². The number of hydrogen-bond acceptors (Lipinski definition) is 4. The molecule has 2 aromatic carbocycles. The number of nitrogens with one attached hydrogen (secondary N) is 1. The number of benzene rings is 2. The molecule has 0 saturated carbocycles. The lowest BCUT2D eigenvalue weighted by Gasteiger charge is -2.17. The lowest BCUT2D eigenvalue weighted by molar-refractivity contribution is -0.274. The normalized spacial score (nSPS) is 15.2. The molecule has 0 unspecified atom stereocenters. The van der Waals surface area contributed by atoms with E-state index in [1.807, 2.05) is 0 Å². The largest absolute Gasteiger partial charge is 0.573 e. The van der Waals surface area contributed by atoms with E-state index in [1.165, 1.54) is 40.7 Å². The van der Waals surface area contributed by atoms with Crippen molar-refractivity contribution in [2.24, 2.45) is 0 Å². The molecule has 1 amide bonds. The van der Waals surface area contributed by atoms with Gasteiger partial charge in [0.15, 0.2) is 0 Å². The summed E-state index contributed by atoms with van der Waals surface area (Å²) in [7, 11) is -3.76. The van der Waals surface area contributed by atoms with E-state index in [0.717, 1.165) is 18.9 Å². The highest BCUT2D eigenvalue weighted by atomic mass is 35.5. The molecule has 1 heterocycles. The summed E-state index contributed by atoms with van der Waals surface area (Å²) in [5, 5.41) is 2.47. The SMILES string of the molecule is O=C(NCc1ccccc1OC(F)(F)F)c1cc(S(=O)(=O)N2CCCC2)ccc1Cl. The minimum atomic E-state index is -4.87. The monoisotopic (exact) mass is 462 g/mol. The molecule has 1 N–H and O–H groups in total. The van der Waals surface area contributed by atoms with Crippen LogP contribution in [0.4, 0.5) is 13.2 Å². The first kappa shape index (κ1) is 22.4. The first-order valence-corrected chi connectivity index (χ1v) is 10.8. The summed E-state index contributed by atoms with van der Waals surface area (Å²) in [6, 6.07) is 9.17. The Kier molecular flexibility index (Phi) is 6.59.